The minimum Gasteiger partial charge on any atom is -0.371 e. The number of benzene rings is 1. The fourth-order valence-electron chi connectivity index (χ4n) is 3.25. The molecule has 1 fully saturated rings. The number of para-hydroxylation sites is 1. The Morgan fingerprint density at radius 3 is 2.53 bits per heavy atom. The maximum Gasteiger partial charge on any atom is 0.434 e. The van der Waals surface area contributed by atoms with E-state index in [1.807, 2.05) is 13.0 Å². The SMILES string of the molecule is CCNC(=NCCc1nc(C(F)(F)F)cs1)NC1CCN(c2ccccc2)CC1.I. The highest BCUT2D eigenvalue weighted by Gasteiger charge is 2.33. The van der Waals surface area contributed by atoms with Crippen molar-refractivity contribution in [3.05, 3.63) is 46.4 Å². The first kappa shape index (κ1) is 24.7. The van der Waals surface area contributed by atoms with Crippen LogP contribution in [0.25, 0.3) is 0 Å². The lowest BCUT2D eigenvalue weighted by atomic mass is 10.0. The van der Waals surface area contributed by atoms with Gasteiger partial charge in [0.05, 0.1) is 5.01 Å². The van der Waals surface area contributed by atoms with Gasteiger partial charge in [-0.3, -0.25) is 4.99 Å². The molecule has 0 radical (unpaired) electrons. The van der Waals surface area contributed by atoms with Crippen molar-refractivity contribution in [3.63, 3.8) is 0 Å². The van der Waals surface area contributed by atoms with Gasteiger partial charge in [0.15, 0.2) is 11.7 Å². The molecule has 1 saturated heterocycles. The van der Waals surface area contributed by atoms with Crippen LogP contribution in [-0.2, 0) is 12.6 Å². The van der Waals surface area contributed by atoms with Crippen molar-refractivity contribution in [1.29, 1.82) is 0 Å². The predicted octanol–water partition coefficient (Wildman–Crippen LogP) is 4.55. The highest BCUT2D eigenvalue weighted by Crippen LogP contribution is 2.30. The van der Waals surface area contributed by atoms with Crippen molar-refractivity contribution >= 4 is 47.0 Å². The number of aromatic nitrogens is 1. The molecule has 0 atom stereocenters. The first-order chi connectivity index (χ1) is 14.0. The molecule has 5 nitrogen and oxygen atoms in total. The van der Waals surface area contributed by atoms with Crippen molar-refractivity contribution in [3.8, 4) is 0 Å². The molecule has 0 unspecified atom stereocenters. The Hall–Kier alpha value is -1.56. The number of rotatable bonds is 6. The van der Waals surface area contributed by atoms with E-state index in [1.165, 1.54) is 5.69 Å². The molecule has 1 aliphatic heterocycles. The van der Waals surface area contributed by atoms with Crippen molar-refractivity contribution < 1.29 is 13.2 Å². The van der Waals surface area contributed by atoms with E-state index in [1.54, 1.807) is 0 Å². The number of thiazole rings is 1. The monoisotopic (exact) mass is 553 g/mol. The van der Waals surface area contributed by atoms with E-state index in [4.69, 9.17) is 0 Å². The van der Waals surface area contributed by atoms with Crippen LogP contribution in [0.4, 0.5) is 18.9 Å². The molecule has 2 aromatic rings. The first-order valence-corrected chi connectivity index (χ1v) is 10.7. The van der Waals surface area contributed by atoms with Crippen LogP contribution in [0.5, 0.6) is 0 Å². The predicted molar refractivity (Wildman–Crippen MR) is 127 cm³/mol. The third kappa shape index (κ3) is 7.29. The lowest BCUT2D eigenvalue weighted by Crippen LogP contribution is -2.48. The van der Waals surface area contributed by atoms with Gasteiger partial charge in [-0.05, 0) is 31.9 Å². The quantitative estimate of drug-likeness (QED) is 0.313. The Kier molecular flexibility index (Phi) is 9.66. The lowest BCUT2D eigenvalue weighted by Gasteiger charge is -2.34. The first-order valence-electron chi connectivity index (χ1n) is 9.82. The topological polar surface area (TPSA) is 52.6 Å². The van der Waals surface area contributed by atoms with Gasteiger partial charge in [-0.15, -0.1) is 35.3 Å². The fraction of sp³-hybridized carbons (Fsp3) is 0.500. The van der Waals surface area contributed by atoms with Crippen molar-refractivity contribution in [2.45, 2.75) is 38.4 Å². The summed E-state index contributed by atoms with van der Waals surface area (Å²) >= 11 is 1.03. The van der Waals surface area contributed by atoms with Crippen LogP contribution in [0.2, 0.25) is 0 Å². The molecule has 2 heterocycles. The summed E-state index contributed by atoms with van der Waals surface area (Å²) in [5, 5.41) is 8.19. The zero-order chi connectivity index (χ0) is 20.7. The molecular weight excluding hydrogens is 526 g/mol. The van der Waals surface area contributed by atoms with Crippen LogP contribution >= 0.6 is 35.3 Å². The number of hydrogen-bond acceptors (Lipinski definition) is 4. The molecular formula is C20H27F3IN5S. The largest absolute Gasteiger partial charge is 0.434 e. The van der Waals surface area contributed by atoms with E-state index >= 15 is 0 Å². The van der Waals surface area contributed by atoms with Crippen LogP contribution in [0.3, 0.4) is 0 Å². The summed E-state index contributed by atoms with van der Waals surface area (Å²) < 4.78 is 37.9. The number of anilines is 1. The third-order valence-corrected chi connectivity index (χ3v) is 5.65. The summed E-state index contributed by atoms with van der Waals surface area (Å²) in [6, 6.07) is 10.7. The van der Waals surface area contributed by atoms with Gasteiger partial charge in [-0.1, -0.05) is 18.2 Å². The second-order valence-electron chi connectivity index (χ2n) is 6.88. The van der Waals surface area contributed by atoms with Gasteiger partial charge in [-0.25, -0.2) is 4.98 Å². The highest BCUT2D eigenvalue weighted by molar-refractivity contribution is 14.0. The molecule has 3 rings (SSSR count). The molecule has 0 bridgehead atoms. The van der Waals surface area contributed by atoms with Gasteiger partial charge in [0.25, 0.3) is 0 Å². The van der Waals surface area contributed by atoms with E-state index in [2.05, 4.69) is 49.8 Å². The maximum atomic E-state index is 12.6. The Labute approximate surface area is 196 Å². The van der Waals surface area contributed by atoms with Crippen LogP contribution in [0.1, 0.15) is 30.5 Å². The second kappa shape index (κ2) is 11.7. The summed E-state index contributed by atoms with van der Waals surface area (Å²) in [6.45, 7) is 5.06. The minimum atomic E-state index is -4.39. The van der Waals surface area contributed by atoms with Gasteiger partial charge < -0.3 is 15.5 Å². The van der Waals surface area contributed by atoms with Gasteiger partial charge in [0.1, 0.15) is 0 Å². The molecule has 0 amide bonds. The number of nitrogens with one attached hydrogen (secondary N) is 2. The van der Waals surface area contributed by atoms with Crippen molar-refractivity contribution in [1.82, 2.24) is 15.6 Å². The Morgan fingerprint density at radius 2 is 1.93 bits per heavy atom. The maximum absolute atomic E-state index is 12.6. The molecule has 166 valence electrons. The molecule has 1 aromatic heterocycles. The summed E-state index contributed by atoms with van der Waals surface area (Å²) in [5.74, 6) is 0.707. The summed E-state index contributed by atoms with van der Waals surface area (Å²) in [4.78, 5) is 10.6. The normalized spacial score (nSPS) is 15.6. The number of hydrogen-bond donors (Lipinski definition) is 2. The molecule has 0 saturated carbocycles. The zero-order valence-electron chi connectivity index (χ0n) is 16.8. The van der Waals surface area contributed by atoms with Gasteiger partial charge in [-0.2, -0.15) is 13.2 Å². The number of piperidine rings is 1. The minimum absolute atomic E-state index is 0. The summed E-state index contributed by atoms with van der Waals surface area (Å²) in [5.41, 5.74) is 0.421. The van der Waals surface area contributed by atoms with Crippen molar-refractivity contribution in [2.24, 2.45) is 4.99 Å². The van der Waals surface area contributed by atoms with Crippen LogP contribution < -0.4 is 15.5 Å². The second-order valence-corrected chi connectivity index (χ2v) is 7.82. The van der Waals surface area contributed by atoms with Crippen LogP contribution in [0, 0.1) is 0 Å². The van der Waals surface area contributed by atoms with Crippen LogP contribution in [0.15, 0.2) is 40.7 Å². The molecule has 10 heteroatoms. The average molecular weight is 553 g/mol. The fourth-order valence-corrected chi connectivity index (χ4v) is 4.05. The Balaban J connectivity index is 0.00000320. The van der Waals surface area contributed by atoms with Gasteiger partial charge >= 0.3 is 6.18 Å². The van der Waals surface area contributed by atoms with Crippen LogP contribution in [-0.4, -0.2) is 43.2 Å². The number of alkyl halides is 3. The molecule has 1 aromatic carbocycles. The molecule has 2 N–H and O–H groups in total. The Bertz CT molecular complexity index is 789. The van der Waals surface area contributed by atoms with E-state index in [0.717, 1.165) is 49.2 Å². The van der Waals surface area contributed by atoms with Gasteiger partial charge in [0, 0.05) is 49.7 Å². The van der Waals surface area contributed by atoms with E-state index < -0.39 is 11.9 Å². The van der Waals surface area contributed by atoms with E-state index in [9.17, 15) is 13.2 Å². The van der Waals surface area contributed by atoms with Gasteiger partial charge in [0.2, 0.25) is 0 Å². The Morgan fingerprint density at radius 1 is 1.23 bits per heavy atom. The highest BCUT2D eigenvalue weighted by atomic mass is 127. The summed E-state index contributed by atoms with van der Waals surface area (Å²) in [6.07, 6.45) is -1.99. The lowest BCUT2D eigenvalue weighted by molar-refractivity contribution is -0.140. The number of nitrogens with zero attached hydrogens (tertiary/aromatic N) is 3. The molecule has 30 heavy (non-hydrogen) atoms. The van der Waals surface area contributed by atoms with E-state index in [0.29, 0.717) is 30.0 Å². The smallest absolute Gasteiger partial charge is 0.371 e. The van der Waals surface area contributed by atoms with Crippen molar-refractivity contribution in [2.75, 3.05) is 31.1 Å². The number of halogens is 4. The van der Waals surface area contributed by atoms with E-state index in [-0.39, 0.29) is 24.0 Å². The zero-order valence-corrected chi connectivity index (χ0v) is 19.9. The number of aliphatic imine (C=N–C) groups is 1. The molecule has 1 aliphatic rings. The summed E-state index contributed by atoms with van der Waals surface area (Å²) in [7, 11) is 0. The number of guanidine groups is 1. The standard InChI is InChI=1S/C20H26F3N5S.HI/c1-2-24-19(25-11-8-18-27-17(14-29-18)20(21,22)23)26-15-9-12-28(13-10-15)16-6-4-3-5-7-16;/h3-7,14-15H,2,8-13H2,1H3,(H2,24,25,26);1H. The average Bonchev–Trinajstić information content (AvgIpc) is 3.19. The third-order valence-electron chi connectivity index (χ3n) is 4.74. The molecule has 0 spiro atoms. The molecule has 0 aliphatic carbocycles.